The highest BCUT2D eigenvalue weighted by atomic mass is 32.1. The minimum atomic E-state index is -0.937. The van der Waals surface area contributed by atoms with Crippen LogP contribution in [0.2, 0.25) is 0 Å². The van der Waals surface area contributed by atoms with E-state index in [0.29, 0.717) is 31.5 Å². The lowest BCUT2D eigenvalue weighted by molar-refractivity contribution is 0.0693. The van der Waals surface area contributed by atoms with Crippen molar-refractivity contribution in [3.05, 3.63) is 15.8 Å². The number of carboxylic acids is 1. The van der Waals surface area contributed by atoms with Crippen LogP contribution in [0, 0.1) is 0 Å². The van der Waals surface area contributed by atoms with Gasteiger partial charge in [-0.1, -0.05) is 13.8 Å². The first kappa shape index (κ1) is 14.0. The first-order chi connectivity index (χ1) is 8.06. The molecule has 1 N–H and O–H groups in total. The molecule has 0 aromatic carbocycles. The van der Waals surface area contributed by atoms with Gasteiger partial charge in [-0.25, -0.2) is 4.79 Å². The van der Waals surface area contributed by atoms with Crippen molar-refractivity contribution in [1.29, 1.82) is 0 Å². The second kappa shape index (κ2) is 6.61. The predicted octanol–water partition coefficient (Wildman–Crippen LogP) is 2.99. The van der Waals surface area contributed by atoms with Gasteiger partial charge in [0.05, 0.1) is 6.61 Å². The Labute approximate surface area is 105 Å². The van der Waals surface area contributed by atoms with E-state index in [1.165, 1.54) is 11.3 Å². The molecule has 0 saturated heterocycles. The van der Waals surface area contributed by atoms with E-state index in [9.17, 15) is 4.79 Å². The topological polar surface area (TPSA) is 55.8 Å². The average Bonchev–Trinajstić information content (AvgIpc) is 2.68. The fraction of sp³-hybridized carbons (Fsp3) is 0.583. The van der Waals surface area contributed by atoms with Crippen LogP contribution in [0.15, 0.2) is 6.07 Å². The second-order valence-electron chi connectivity index (χ2n) is 3.85. The molecule has 0 fully saturated rings. The molecule has 1 rings (SSSR count). The first-order valence-electron chi connectivity index (χ1n) is 5.63. The molecule has 0 bridgehead atoms. The molecule has 4 nitrogen and oxygen atoms in total. The van der Waals surface area contributed by atoms with E-state index < -0.39 is 5.97 Å². The van der Waals surface area contributed by atoms with Gasteiger partial charge in [0.1, 0.15) is 12.4 Å². The van der Waals surface area contributed by atoms with Gasteiger partial charge in [-0.2, -0.15) is 0 Å². The number of thiophene rings is 1. The van der Waals surface area contributed by atoms with E-state index in [1.807, 2.05) is 26.8 Å². The van der Waals surface area contributed by atoms with Crippen molar-refractivity contribution in [2.24, 2.45) is 0 Å². The SMILES string of the molecule is CCOCCOc1cc(C(C)C)sc1C(=O)O. The molecular formula is C12H18O4S. The van der Waals surface area contributed by atoms with E-state index in [4.69, 9.17) is 14.6 Å². The summed E-state index contributed by atoms with van der Waals surface area (Å²) in [5, 5.41) is 9.06. The summed E-state index contributed by atoms with van der Waals surface area (Å²) >= 11 is 1.27. The Morgan fingerprint density at radius 2 is 2.18 bits per heavy atom. The molecule has 0 aliphatic carbocycles. The quantitative estimate of drug-likeness (QED) is 0.764. The lowest BCUT2D eigenvalue weighted by Gasteiger charge is -2.04. The Morgan fingerprint density at radius 3 is 2.71 bits per heavy atom. The molecule has 0 saturated carbocycles. The summed E-state index contributed by atoms with van der Waals surface area (Å²) in [4.78, 5) is 12.3. The van der Waals surface area contributed by atoms with E-state index in [1.54, 1.807) is 0 Å². The Kier molecular flexibility index (Phi) is 5.44. The van der Waals surface area contributed by atoms with E-state index >= 15 is 0 Å². The number of hydrogen-bond acceptors (Lipinski definition) is 4. The van der Waals surface area contributed by atoms with Gasteiger partial charge in [-0.15, -0.1) is 11.3 Å². The van der Waals surface area contributed by atoms with Crippen LogP contribution < -0.4 is 4.74 Å². The van der Waals surface area contributed by atoms with E-state index in [2.05, 4.69) is 0 Å². The summed E-state index contributed by atoms with van der Waals surface area (Å²) < 4.78 is 10.6. The highest BCUT2D eigenvalue weighted by Gasteiger charge is 2.18. The molecule has 1 aromatic heterocycles. The van der Waals surface area contributed by atoms with Crippen LogP contribution in [0.25, 0.3) is 0 Å². The first-order valence-corrected chi connectivity index (χ1v) is 6.45. The Balaban J connectivity index is 2.71. The lowest BCUT2D eigenvalue weighted by Crippen LogP contribution is -2.07. The largest absolute Gasteiger partial charge is 0.489 e. The number of rotatable bonds is 7. The van der Waals surface area contributed by atoms with Crippen LogP contribution in [-0.2, 0) is 4.74 Å². The molecule has 0 atom stereocenters. The summed E-state index contributed by atoms with van der Waals surface area (Å²) in [5.74, 6) is -0.179. The highest BCUT2D eigenvalue weighted by Crippen LogP contribution is 2.33. The maximum Gasteiger partial charge on any atom is 0.349 e. The van der Waals surface area contributed by atoms with Gasteiger partial charge in [0.2, 0.25) is 0 Å². The summed E-state index contributed by atoms with van der Waals surface area (Å²) in [6.07, 6.45) is 0. The summed E-state index contributed by atoms with van der Waals surface area (Å²) in [7, 11) is 0. The van der Waals surface area contributed by atoms with Crippen LogP contribution in [0.1, 0.15) is 41.2 Å². The van der Waals surface area contributed by atoms with Crippen molar-refractivity contribution in [1.82, 2.24) is 0 Å². The van der Waals surface area contributed by atoms with Gasteiger partial charge in [0, 0.05) is 11.5 Å². The molecule has 96 valence electrons. The van der Waals surface area contributed by atoms with Crippen molar-refractivity contribution in [3.63, 3.8) is 0 Å². The predicted molar refractivity (Wildman–Crippen MR) is 67.4 cm³/mol. The highest BCUT2D eigenvalue weighted by molar-refractivity contribution is 7.14. The van der Waals surface area contributed by atoms with Crippen molar-refractivity contribution in [2.45, 2.75) is 26.7 Å². The van der Waals surface area contributed by atoms with Crippen molar-refractivity contribution < 1.29 is 19.4 Å². The fourth-order valence-electron chi connectivity index (χ4n) is 1.29. The van der Waals surface area contributed by atoms with Gasteiger partial charge in [0.25, 0.3) is 0 Å². The maximum absolute atomic E-state index is 11.0. The molecule has 0 aliphatic rings. The smallest absolute Gasteiger partial charge is 0.349 e. The minimum absolute atomic E-state index is 0.269. The molecule has 1 heterocycles. The van der Waals surface area contributed by atoms with Crippen molar-refractivity contribution in [3.8, 4) is 5.75 Å². The van der Waals surface area contributed by atoms with Crippen LogP contribution in [0.5, 0.6) is 5.75 Å². The zero-order valence-electron chi connectivity index (χ0n) is 10.4. The van der Waals surface area contributed by atoms with Crippen LogP contribution in [0.4, 0.5) is 0 Å². The molecule has 0 spiro atoms. The second-order valence-corrected chi connectivity index (χ2v) is 4.93. The van der Waals surface area contributed by atoms with Crippen LogP contribution in [0.3, 0.4) is 0 Å². The van der Waals surface area contributed by atoms with Gasteiger partial charge in [-0.3, -0.25) is 0 Å². The summed E-state index contributed by atoms with van der Waals surface area (Å²) in [6.45, 7) is 7.45. The Hall–Kier alpha value is -1.07. The Morgan fingerprint density at radius 1 is 1.47 bits per heavy atom. The van der Waals surface area contributed by atoms with E-state index in [0.717, 1.165) is 4.88 Å². The molecule has 1 aromatic rings. The maximum atomic E-state index is 11.0. The van der Waals surface area contributed by atoms with Gasteiger partial charge in [-0.05, 0) is 18.9 Å². The van der Waals surface area contributed by atoms with Gasteiger partial charge in [0.15, 0.2) is 4.88 Å². The van der Waals surface area contributed by atoms with Crippen molar-refractivity contribution >= 4 is 17.3 Å². The number of carbonyl (C=O) groups is 1. The molecule has 5 heteroatoms. The monoisotopic (exact) mass is 258 g/mol. The number of hydrogen-bond donors (Lipinski definition) is 1. The number of carboxylic acid groups (broad SMARTS) is 1. The normalized spacial score (nSPS) is 10.8. The Bertz CT molecular complexity index is 371. The standard InChI is InChI=1S/C12H18O4S/c1-4-15-5-6-16-9-7-10(8(2)3)17-11(9)12(13)14/h7-8H,4-6H2,1-3H3,(H,13,14). The molecular weight excluding hydrogens is 240 g/mol. The number of aromatic carboxylic acids is 1. The average molecular weight is 258 g/mol. The lowest BCUT2D eigenvalue weighted by atomic mass is 10.2. The molecule has 0 aliphatic heterocycles. The molecule has 17 heavy (non-hydrogen) atoms. The minimum Gasteiger partial charge on any atom is -0.489 e. The number of ether oxygens (including phenoxy) is 2. The zero-order chi connectivity index (χ0) is 12.8. The fourth-order valence-corrected chi connectivity index (χ4v) is 2.23. The third-order valence-electron chi connectivity index (χ3n) is 2.17. The molecule has 0 amide bonds. The van der Waals surface area contributed by atoms with Gasteiger partial charge < -0.3 is 14.6 Å². The zero-order valence-corrected chi connectivity index (χ0v) is 11.2. The summed E-state index contributed by atoms with van der Waals surface area (Å²) in [6, 6.07) is 1.81. The van der Waals surface area contributed by atoms with Crippen LogP contribution >= 0.6 is 11.3 Å². The van der Waals surface area contributed by atoms with Crippen LogP contribution in [-0.4, -0.2) is 30.9 Å². The third-order valence-corrected chi connectivity index (χ3v) is 3.57. The molecule has 0 radical (unpaired) electrons. The van der Waals surface area contributed by atoms with Crippen molar-refractivity contribution in [2.75, 3.05) is 19.8 Å². The van der Waals surface area contributed by atoms with Gasteiger partial charge >= 0.3 is 5.97 Å². The summed E-state index contributed by atoms with van der Waals surface area (Å²) in [5.41, 5.74) is 0. The van der Waals surface area contributed by atoms with E-state index in [-0.39, 0.29) is 4.88 Å². The third kappa shape index (κ3) is 4.02. The molecule has 0 unspecified atom stereocenters.